The number of amides is 1. The Hall–Kier alpha value is -1.83. The van der Waals surface area contributed by atoms with E-state index in [1.54, 1.807) is 0 Å². The van der Waals surface area contributed by atoms with Gasteiger partial charge in [-0.1, -0.05) is 12.1 Å². The molecule has 0 aromatic heterocycles. The zero-order valence-electron chi connectivity index (χ0n) is 20.8. The van der Waals surface area contributed by atoms with Crippen LogP contribution in [0, 0.1) is 5.92 Å². The number of ether oxygens (including phenoxy) is 2. The van der Waals surface area contributed by atoms with E-state index < -0.39 is 0 Å². The van der Waals surface area contributed by atoms with Crippen molar-refractivity contribution in [3.63, 3.8) is 0 Å². The molecule has 4 aliphatic rings. The normalized spacial score (nSPS) is 27.1. The van der Waals surface area contributed by atoms with Gasteiger partial charge in [-0.3, -0.25) is 9.69 Å². The van der Waals surface area contributed by atoms with Crippen molar-refractivity contribution in [2.75, 3.05) is 66.2 Å². The van der Waals surface area contributed by atoms with Crippen LogP contribution in [0.3, 0.4) is 0 Å². The van der Waals surface area contributed by atoms with Crippen molar-refractivity contribution in [1.82, 2.24) is 20.0 Å². The molecule has 2 saturated heterocycles. The van der Waals surface area contributed by atoms with E-state index in [0.29, 0.717) is 25.3 Å². The predicted molar refractivity (Wildman–Crippen MR) is 133 cm³/mol. The Morgan fingerprint density at radius 3 is 2.47 bits per heavy atom. The summed E-state index contributed by atoms with van der Waals surface area (Å²) in [4.78, 5) is 19.8. The number of hydrogen-bond donors (Lipinski definition) is 1. The molecule has 0 spiro atoms. The summed E-state index contributed by atoms with van der Waals surface area (Å²) in [6.45, 7) is 8.61. The number of nitrogens with zero attached hydrogens (tertiary/aromatic N) is 3. The number of benzene rings is 1. The molecule has 3 heterocycles. The first-order valence-electron chi connectivity index (χ1n) is 13.4. The van der Waals surface area contributed by atoms with Gasteiger partial charge in [0.2, 0.25) is 12.7 Å². The number of fused-ring (bicyclic) bond motifs is 1. The molecule has 1 aromatic rings. The zero-order chi connectivity index (χ0) is 23.3. The molecule has 1 amide bonds. The molecule has 1 aliphatic carbocycles. The fourth-order valence-electron chi connectivity index (χ4n) is 6.18. The van der Waals surface area contributed by atoms with Gasteiger partial charge in [-0.2, -0.15) is 0 Å². The maximum atomic E-state index is 12.5. The summed E-state index contributed by atoms with van der Waals surface area (Å²) in [5.74, 6) is 3.50. The van der Waals surface area contributed by atoms with Crippen molar-refractivity contribution >= 4 is 5.91 Å². The summed E-state index contributed by atoms with van der Waals surface area (Å²) >= 11 is 0. The van der Waals surface area contributed by atoms with Crippen molar-refractivity contribution in [1.29, 1.82) is 0 Å². The number of carbonyl (C=O) groups excluding carboxylic acids is 1. The van der Waals surface area contributed by atoms with Gasteiger partial charge in [0.05, 0.1) is 6.54 Å². The molecular formula is C27H42N4O3. The second-order valence-corrected chi connectivity index (χ2v) is 10.9. The largest absolute Gasteiger partial charge is 0.454 e. The van der Waals surface area contributed by atoms with Crippen LogP contribution in [-0.4, -0.2) is 92.8 Å². The van der Waals surface area contributed by atoms with Crippen LogP contribution in [0.25, 0.3) is 0 Å². The van der Waals surface area contributed by atoms with Crippen LogP contribution < -0.4 is 14.8 Å². The minimum atomic E-state index is 0.219. The molecule has 7 nitrogen and oxygen atoms in total. The fourth-order valence-corrected chi connectivity index (χ4v) is 6.18. The smallest absolute Gasteiger partial charge is 0.234 e. The van der Waals surface area contributed by atoms with Crippen LogP contribution in [0.2, 0.25) is 0 Å². The van der Waals surface area contributed by atoms with E-state index in [1.807, 2.05) is 6.07 Å². The van der Waals surface area contributed by atoms with Gasteiger partial charge in [0, 0.05) is 37.8 Å². The molecule has 1 saturated carbocycles. The molecule has 3 aliphatic heterocycles. The molecule has 188 valence electrons. The van der Waals surface area contributed by atoms with Crippen molar-refractivity contribution in [2.24, 2.45) is 5.92 Å². The number of hydrogen-bond acceptors (Lipinski definition) is 6. The van der Waals surface area contributed by atoms with Gasteiger partial charge in [-0.05, 0) is 89.5 Å². The number of likely N-dealkylation sites (tertiary alicyclic amines) is 1. The number of likely N-dealkylation sites (N-methyl/N-ethyl adjacent to an activating group) is 1. The molecule has 34 heavy (non-hydrogen) atoms. The van der Waals surface area contributed by atoms with E-state index in [1.165, 1.54) is 57.3 Å². The van der Waals surface area contributed by atoms with Crippen LogP contribution in [0.1, 0.15) is 56.4 Å². The van der Waals surface area contributed by atoms with Gasteiger partial charge >= 0.3 is 0 Å². The van der Waals surface area contributed by atoms with Crippen LogP contribution >= 0.6 is 0 Å². The Morgan fingerprint density at radius 2 is 1.71 bits per heavy atom. The van der Waals surface area contributed by atoms with Gasteiger partial charge in [0.1, 0.15) is 0 Å². The first-order valence-corrected chi connectivity index (χ1v) is 13.4. The predicted octanol–water partition coefficient (Wildman–Crippen LogP) is 2.91. The topological polar surface area (TPSA) is 57.3 Å². The first-order chi connectivity index (χ1) is 16.6. The summed E-state index contributed by atoms with van der Waals surface area (Å²) in [6, 6.07) is 6.71. The maximum Gasteiger partial charge on any atom is 0.234 e. The van der Waals surface area contributed by atoms with E-state index in [-0.39, 0.29) is 5.91 Å². The lowest BCUT2D eigenvalue weighted by Crippen LogP contribution is -2.49. The van der Waals surface area contributed by atoms with E-state index in [4.69, 9.17) is 9.47 Å². The second-order valence-electron chi connectivity index (χ2n) is 10.9. The Balaban J connectivity index is 0.972. The Kier molecular flexibility index (Phi) is 7.92. The number of rotatable bonds is 7. The molecule has 1 aromatic carbocycles. The number of piperidine rings is 1. The summed E-state index contributed by atoms with van der Waals surface area (Å²) in [7, 11) is 2.15. The van der Waals surface area contributed by atoms with Crippen molar-refractivity contribution < 1.29 is 14.3 Å². The number of piperazine rings is 1. The molecule has 1 N–H and O–H groups in total. The molecule has 5 rings (SSSR count). The molecule has 3 fully saturated rings. The van der Waals surface area contributed by atoms with E-state index in [9.17, 15) is 4.79 Å². The van der Waals surface area contributed by atoms with Gasteiger partial charge in [0.15, 0.2) is 11.5 Å². The minimum Gasteiger partial charge on any atom is -0.454 e. The van der Waals surface area contributed by atoms with Crippen LogP contribution in [-0.2, 0) is 4.79 Å². The summed E-state index contributed by atoms with van der Waals surface area (Å²) in [6.07, 6.45) is 8.49. The average molecular weight is 471 g/mol. The molecule has 7 heteroatoms. The van der Waals surface area contributed by atoms with Gasteiger partial charge in [-0.15, -0.1) is 0 Å². The van der Waals surface area contributed by atoms with Crippen LogP contribution in [0.4, 0.5) is 0 Å². The number of para-hydroxylation sites is 1. The van der Waals surface area contributed by atoms with Crippen molar-refractivity contribution in [3.8, 4) is 11.5 Å². The lowest BCUT2D eigenvalue weighted by Gasteiger charge is -2.35. The molecule has 0 unspecified atom stereocenters. The van der Waals surface area contributed by atoms with Crippen LogP contribution in [0.15, 0.2) is 18.2 Å². The van der Waals surface area contributed by atoms with Gasteiger partial charge < -0.3 is 24.6 Å². The van der Waals surface area contributed by atoms with E-state index >= 15 is 0 Å². The standard InChI is InChI=1S/C27H42N4O3/c1-29-15-17-31(18-16-29)19-26(32)28-23-7-5-21(6-8-23)9-12-30-13-10-22(11-14-30)24-3-2-4-25-27(24)34-20-33-25/h2-4,21-23H,5-20H2,1H3,(H,28,32). The first kappa shape index (κ1) is 23.9. The third-order valence-corrected chi connectivity index (χ3v) is 8.48. The van der Waals surface area contributed by atoms with Crippen LogP contribution in [0.5, 0.6) is 11.5 Å². The molecule has 0 atom stereocenters. The monoisotopic (exact) mass is 470 g/mol. The number of carbonyl (C=O) groups is 1. The second kappa shape index (κ2) is 11.3. The van der Waals surface area contributed by atoms with Gasteiger partial charge in [0.25, 0.3) is 0 Å². The SMILES string of the molecule is CN1CCN(CC(=O)NC2CCC(CCN3CCC(c4cccc5c4OCO5)CC3)CC2)CC1. The van der Waals surface area contributed by atoms with Crippen molar-refractivity contribution in [2.45, 2.75) is 56.9 Å². The summed E-state index contributed by atoms with van der Waals surface area (Å²) in [5, 5.41) is 3.32. The Bertz CT molecular complexity index is 810. The highest BCUT2D eigenvalue weighted by Gasteiger charge is 2.28. The summed E-state index contributed by atoms with van der Waals surface area (Å²) < 4.78 is 11.3. The quantitative estimate of drug-likeness (QED) is 0.661. The molecular weight excluding hydrogens is 428 g/mol. The lowest BCUT2D eigenvalue weighted by molar-refractivity contribution is -0.123. The third kappa shape index (κ3) is 6.04. The highest BCUT2D eigenvalue weighted by Crippen LogP contribution is 2.42. The average Bonchev–Trinajstić information content (AvgIpc) is 3.35. The molecule has 0 bridgehead atoms. The van der Waals surface area contributed by atoms with E-state index in [2.05, 4.69) is 39.2 Å². The lowest BCUT2D eigenvalue weighted by atomic mass is 9.83. The van der Waals surface area contributed by atoms with Crippen molar-refractivity contribution in [3.05, 3.63) is 23.8 Å². The number of nitrogens with one attached hydrogen (secondary N) is 1. The van der Waals surface area contributed by atoms with E-state index in [0.717, 1.165) is 56.4 Å². The third-order valence-electron chi connectivity index (χ3n) is 8.48. The minimum absolute atomic E-state index is 0.219. The maximum absolute atomic E-state index is 12.5. The zero-order valence-corrected chi connectivity index (χ0v) is 20.8. The summed E-state index contributed by atoms with van der Waals surface area (Å²) in [5.41, 5.74) is 1.34. The fraction of sp³-hybridized carbons (Fsp3) is 0.741. The highest BCUT2D eigenvalue weighted by molar-refractivity contribution is 5.78. The highest BCUT2D eigenvalue weighted by atomic mass is 16.7. The Morgan fingerprint density at radius 1 is 0.941 bits per heavy atom. The Labute approximate surface area is 204 Å². The molecule has 0 radical (unpaired) electrons. The van der Waals surface area contributed by atoms with Gasteiger partial charge in [-0.25, -0.2) is 0 Å².